The number of nitrogens with one attached hydrogen (secondary N) is 2. The van der Waals surface area contributed by atoms with E-state index in [1.54, 1.807) is 30.3 Å². The minimum Gasteiger partial charge on any atom is -0.465 e. The smallest absolute Gasteiger partial charge is 0.337 e. The number of esters is 1. The number of hydrogen-bond acceptors (Lipinski definition) is 6. The Kier molecular flexibility index (Phi) is 7.30. The Labute approximate surface area is 220 Å². The molecule has 0 aliphatic carbocycles. The highest BCUT2D eigenvalue weighted by molar-refractivity contribution is 6.53. The molecule has 0 radical (unpaired) electrons. The number of anilines is 3. The molecule has 1 aliphatic heterocycles. The van der Waals surface area contributed by atoms with Crippen molar-refractivity contribution in [3.05, 3.63) is 98.6 Å². The van der Waals surface area contributed by atoms with Gasteiger partial charge in [-0.15, -0.1) is 0 Å². The topological polar surface area (TPSA) is 105 Å². The molecule has 0 saturated carbocycles. The molecule has 3 amide bonds. The first-order chi connectivity index (χ1) is 17.2. The fourth-order valence-corrected chi connectivity index (χ4v) is 4.14. The third-order valence-electron chi connectivity index (χ3n) is 5.09. The lowest BCUT2D eigenvalue weighted by atomic mass is 10.1. The van der Waals surface area contributed by atoms with Crippen LogP contribution in [0.5, 0.6) is 0 Å². The van der Waals surface area contributed by atoms with Gasteiger partial charge in [0.05, 0.1) is 18.4 Å². The van der Waals surface area contributed by atoms with E-state index in [-0.39, 0.29) is 26.5 Å². The quantitative estimate of drug-likeness (QED) is 0.315. The predicted octanol–water partition coefficient (Wildman–Crippen LogP) is 5.47. The number of ether oxygens (including phenoxy) is 1. The van der Waals surface area contributed by atoms with Crippen LogP contribution in [0.3, 0.4) is 0 Å². The van der Waals surface area contributed by atoms with Gasteiger partial charge in [-0.05, 0) is 60.7 Å². The van der Waals surface area contributed by atoms with Gasteiger partial charge in [-0.3, -0.25) is 14.4 Å². The molecule has 3 aromatic carbocycles. The van der Waals surface area contributed by atoms with Crippen LogP contribution in [0.2, 0.25) is 10.0 Å². The lowest BCUT2D eigenvalue weighted by Crippen LogP contribution is -2.32. The highest BCUT2D eigenvalue weighted by Gasteiger charge is 2.39. The molecule has 0 unspecified atom stereocenters. The molecule has 11 heteroatoms. The summed E-state index contributed by atoms with van der Waals surface area (Å²) in [7, 11) is 1.27. The van der Waals surface area contributed by atoms with E-state index in [9.17, 15) is 19.2 Å². The van der Waals surface area contributed by atoms with Crippen molar-refractivity contribution in [1.82, 2.24) is 0 Å². The normalized spacial score (nSPS) is 13.2. The summed E-state index contributed by atoms with van der Waals surface area (Å²) in [5.41, 5.74) is 1.49. The molecular formula is C25H16Cl3N3O5. The third kappa shape index (κ3) is 5.21. The Morgan fingerprint density at radius 1 is 0.806 bits per heavy atom. The Balaban J connectivity index is 1.47. The number of methoxy groups -OCH3 is 1. The van der Waals surface area contributed by atoms with Crippen LogP contribution in [0.4, 0.5) is 17.1 Å². The number of amides is 3. The number of halogens is 3. The highest BCUT2D eigenvalue weighted by Crippen LogP contribution is 2.33. The van der Waals surface area contributed by atoms with Gasteiger partial charge in [-0.25, -0.2) is 9.69 Å². The van der Waals surface area contributed by atoms with Crippen molar-refractivity contribution in [2.45, 2.75) is 0 Å². The van der Waals surface area contributed by atoms with Crippen LogP contribution >= 0.6 is 34.8 Å². The molecule has 3 aromatic rings. The number of carbonyl (C=O) groups excluding carboxylic acids is 4. The summed E-state index contributed by atoms with van der Waals surface area (Å²) in [6, 6.07) is 16.8. The van der Waals surface area contributed by atoms with Crippen LogP contribution in [-0.2, 0) is 14.3 Å². The van der Waals surface area contributed by atoms with Crippen LogP contribution in [-0.4, -0.2) is 30.8 Å². The van der Waals surface area contributed by atoms with Gasteiger partial charge in [0.2, 0.25) is 0 Å². The number of rotatable bonds is 6. The van der Waals surface area contributed by atoms with E-state index in [4.69, 9.17) is 34.8 Å². The van der Waals surface area contributed by atoms with Gasteiger partial charge >= 0.3 is 5.97 Å². The molecule has 182 valence electrons. The lowest BCUT2D eigenvalue weighted by molar-refractivity contribution is -0.120. The molecule has 2 N–H and O–H groups in total. The van der Waals surface area contributed by atoms with Crippen LogP contribution < -0.4 is 15.5 Å². The monoisotopic (exact) mass is 543 g/mol. The zero-order chi connectivity index (χ0) is 26.0. The fourth-order valence-electron chi connectivity index (χ4n) is 3.41. The van der Waals surface area contributed by atoms with E-state index in [2.05, 4.69) is 15.4 Å². The first-order valence-corrected chi connectivity index (χ1v) is 11.4. The maximum Gasteiger partial charge on any atom is 0.337 e. The summed E-state index contributed by atoms with van der Waals surface area (Å²) >= 11 is 18.2. The van der Waals surface area contributed by atoms with E-state index >= 15 is 0 Å². The fraction of sp³-hybridized carbons (Fsp3) is 0.0400. The summed E-state index contributed by atoms with van der Waals surface area (Å²) < 4.78 is 4.68. The Hall–Kier alpha value is -3.85. The maximum atomic E-state index is 12.9. The summed E-state index contributed by atoms with van der Waals surface area (Å²) in [4.78, 5) is 50.8. The van der Waals surface area contributed by atoms with Crippen LogP contribution in [0.25, 0.3) is 0 Å². The van der Waals surface area contributed by atoms with Crippen molar-refractivity contribution >= 4 is 75.6 Å². The molecule has 36 heavy (non-hydrogen) atoms. The van der Waals surface area contributed by atoms with Gasteiger partial charge in [-0.2, -0.15) is 0 Å². The van der Waals surface area contributed by atoms with E-state index in [1.807, 2.05) is 0 Å². The molecule has 8 nitrogen and oxygen atoms in total. The molecule has 0 aromatic heterocycles. The number of imide groups is 1. The van der Waals surface area contributed by atoms with Gasteiger partial charge in [-0.1, -0.05) is 40.9 Å². The van der Waals surface area contributed by atoms with E-state index in [0.29, 0.717) is 22.5 Å². The van der Waals surface area contributed by atoms with E-state index < -0.39 is 23.7 Å². The second-order valence-corrected chi connectivity index (χ2v) is 8.74. The van der Waals surface area contributed by atoms with Gasteiger partial charge < -0.3 is 15.4 Å². The molecule has 0 atom stereocenters. The number of nitrogens with zero attached hydrogens (tertiary/aromatic N) is 1. The SMILES string of the molecule is COC(=O)c1cccc(NC(=O)c2ccc(NC3=C(Cl)C(=O)N(c4cc(Cl)cc(Cl)c4)C3=O)cc2)c1. The molecule has 0 spiro atoms. The first-order valence-electron chi connectivity index (χ1n) is 10.3. The minimum atomic E-state index is -0.729. The summed E-state index contributed by atoms with van der Waals surface area (Å²) in [5.74, 6) is -2.35. The second kappa shape index (κ2) is 10.4. The molecule has 1 aliphatic rings. The van der Waals surface area contributed by atoms with Gasteiger partial charge in [0, 0.05) is 27.0 Å². The third-order valence-corrected chi connectivity index (χ3v) is 5.88. The number of hydrogen-bond donors (Lipinski definition) is 2. The molecule has 4 rings (SSSR count). The summed E-state index contributed by atoms with van der Waals surface area (Å²) in [6.45, 7) is 0. The van der Waals surface area contributed by atoms with Crippen molar-refractivity contribution in [3.8, 4) is 0 Å². The Morgan fingerprint density at radius 2 is 1.47 bits per heavy atom. The average molecular weight is 545 g/mol. The van der Waals surface area contributed by atoms with Crippen molar-refractivity contribution in [2.24, 2.45) is 0 Å². The molecule has 0 bridgehead atoms. The number of carbonyl (C=O) groups is 4. The predicted molar refractivity (Wildman–Crippen MR) is 138 cm³/mol. The van der Waals surface area contributed by atoms with Gasteiger partial charge in [0.15, 0.2) is 0 Å². The molecule has 0 saturated heterocycles. The Morgan fingerprint density at radius 3 is 2.11 bits per heavy atom. The van der Waals surface area contributed by atoms with E-state index in [1.165, 1.54) is 43.5 Å². The minimum absolute atomic E-state index is 0.130. The van der Waals surface area contributed by atoms with Gasteiger partial charge in [0.25, 0.3) is 17.7 Å². The first kappa shape index (κ1) is 25.2. The van der Waals surface area contributed by atoms with Crippen molar-refractivity contribution in [3.63, 3.8) is 0 Å². The zero-order valence-corrected chi connectivity index (χ0v) is 20.7. The maximum absolute atomic E-state index is 12.9. The van der Waals surface area contributed by atoms with Crippen molar-refractivity contribution in [1.29, 1.82) is 0 Å². The zero-order valence-electron chi connectivity index (χ0n) is 18.5. The summed E-state index contributed by atoms with van der Waals surface area (Å²) in [6.07, 6.45) is 0. The molecule has 1 heterocycles. The van der Waals surface area contributed by atoms with Crippen molar-refractivity contribution in [2.75, 3.05) is 22.6 Å². The average Bonchev–Trinajstić information content (AvgIpc) is 3.06. The van der Waals surface area contributed by atoms with Crippen LogP contribution in [0.1, 0.15) is 20.7 Å². The van der Waals surface area contributed by atoms with Crippen LogP contribution in [0.15, 0.2) is 77.5 Å². The highest BCUT2D eigenvalue weighted by atomic mass is 35.5. The van der Waals surface area contributed by atoms with Gasteiger partial charge in [0.1, 0.15) is 10.7 Å². The standard InChI is InChI=1S/C25H16Cl3N3O5/c1-36-25(35)14-3-2-4-18(9-14)30-22(32)13-5-7-17(8-6-13)29-21-20(28)23(33)31(24(21)34)19-11-15(26)10-16(27)12-19/h2-12,29H,1H3,(H,30,32). The van der Waals surface area contributed by atoms with Crippen molar-refractivity contribution < 1.29 is 23.9 Å². The van der Waals surface area contributed by atoms with Crippen LogP contribution in [0, 0.1) is 0 Å². The largest absolute Gasteiger partial charge is 0.465 e. The number of benzene rings is 3. The molecule has 0 fully saturated rings. The Bertz CT molecular complexity index is 1420. The van der Waals surface area contributed by atoms with E-state index in [0.717, 1.165) is 4.90 Å². The summed E-state index contributed by atoms with van der Waals surface area (Å²) in [5, 5.41) is 5.73. The second-order valence-electron chi connectivity index (χ2n) is 7.49. The molecular weight excluding hydrogens is 529 g/mol. The lowest BCUT2D eigenvalue weighted by Gasteiger charge is -2.16.